The zero-order valence-electron chi connectivity index (χ0n) is 11.7. The van der Waals surface area contributed by atoms with Crippen LogP contribution in [0, 0.1) is 0 Å². The molecule has 3 heteroatoms. The molecule has 1 aromatic carbocycles. The summed E-state index contributed by atoms with van der Waals surface area (Å²) >= 11 is 0. The minimum absolute atomic E-state index is 0.488. The number of hydrogen-bond acceptors (Lipinski definition) is 3. The molecule has 1 unspecified atom stereocenters. The van der Waals surface area contributed by atoms with Gasteiger partial charge in [-0.25, -0.2) is 0 Å². The van der Waals surface area contributed by atoms with Crippen LogP contribution >= 0.6 is 0 Å². The topological polar surface area (TPSA) is 30.5 Å². The molecule has 1 heterocycles. The van der Waals surface area contributed by atoms with Gasteiger partial charge in [0.25, 0.3) is 0 Å². The van der Waals surface area contributed by atoms with E-state index in [0.717, 1.165) is 31.8 Å². The first-order chi connectivity index (χ1) is 9.36. The number of aryl methyl sites for hydroxylation is 1. The molecule has 3 nitrogen and oxygen atoms in total. The average molecular weight is 261 g/mol. The van der Waals surface area contributed by atoms with Gasteiger partial charge in [0.05, 0.1) is 7.11 Å². The van der Waals surface area contributed by atoms with Crippen molar-refractivity contribution < 1.29 is 9.47 Å². The van der Waals surface area contributed by atoms with Crippen molar-refractivity contribution in [1.29, 1.82) is 0 Å². The van der Waals surface area contributed by atoms with Crippen molar-refractivity contribution in [2.24, 2.45) is 0 Å². The van der Waals surface area contributed by atoms with Crippen molar-refractivity contribution >= 4 is 0 Å². The van der Waals surface area contributed by atoms with E-state index >= 15 is 0 Å². The summed E-state index contributed by atoms with van der Waals surface area (Å²) in [5.41, 5.74) is 2.92. The minimum Gasteiger partial charge on any atom is -0.497 e. The van der Waals surface area contributed by atoms with Gasteiger partial charge in [0.1, 0.15) is 5.75 Å². The lowest BCUT2D eigenvalue weighted by Gasteiger charge is -2.32. The molecule has 1 atom stereocenters. The second-order valence-corrected chi connectivity index (χ2v) is 5.56. The number of hydrogen-bond donors (Lipinski definition) is 1. The summed E-state index contributed by atoms with van der Waals surface area (Å²) in [5.74, 6) is 0.972. The predicted molar refractivity (Wildman–Crippen MR) is 75.6 cm³/mol. The average Bonchev–Trinajstić information content (AvgIpc) is 2.48. The lowest BCUT2D eigenvalue weighted by molar-refractivity contribution is 0.0741. The van der Waals surface area contributed by atoms with Crippen LogP contribution in [0.1, 0.15) is 42.9 Å². The first-order valence-corrected chi connectivity index (χ1v) is 7.37. The van der Waals surface area contributed by atoms with Gasteiger partial charge in [-0.3, -0.25) is 0 Å². The number of methoxy groups -OCH3 is 1. The highest BCUT2D eigenvalue weighted by Crippen LogP contribution is 2.33. The molecule has 0 amide bonds. The summed E-state index contributed by atoms with van der Waals surface area (Å²) in [6.07, 6.45) is 5.98. The Labute approximate surface area is 115 Å². The number of ether oxygens (including phenoxy) is 2. The monoisotopic (exact) mass is 261 g/mol. The van der Waals surface area contributed by atoms with Crippen LogP contribution in [0.5, 0.6) is 5.75 Å². The maximum Gasteiger partial charge on any atom is 0.119 e. The Hall–Kier alpha value is -1.06. The first-order valence-electron chi connectivity index (χ1n) is 7.37. The molecule has 0 saturated carbocycles. The molecule has 0 aromatic heterocycles. The smallest absolute Gasteiger partial charge is 0.119 e. The fourth-order valence-electron chi connectivity index (χ4n) is 3.23. The third kappa shape index (κ3) is 2.93. The van der Waals surface area contributed by atoms with E-state index in [9.17, 15) is 0 Å². The Morgan fingerprint density at radius 3 is 2.84 bits per heavy atom. The molecule has 19 heavy (non-hydrogen) atoms. The molecule has 1 aromatic rings. The molecule has 0 spiro atoms. The third-order valence-electron chi connectivity index (χ3n) is 4.33. The van der Waals surface area contributed by atoms with Gasteiger partial charge in [-0.15, -0.1) is 0 Å². The zero-order valence-corrected chi connectivity index (χ0v) is 11.7. The van der Waals surface area contributed by atoms with Crippen LogP contribution in [0.15, 0.2) is 18.2 Å². The summed E-state index contributed by atoms with van der Waals surface area (Å²) in [6.45, 7) is 1.80. The summed E-state index contributed by atoms with van der Waals surface area (Å²) in [7, 11) is 1.74. The van der Waals surface area contributed by atoms with Gasteiger partial charge in [0, 0.05) is 25.3 Å². The Kier molecular flexibility index (Phi) is 4.04. The van der Waals surface area contributed by atoms with E-state index in [2.05, 4.69) is 23.5 Å². The quantitative estimate of drug-likeness (QED) is 0.907. The SMILES string of the molecule is COc1ccc2c(c1)C(NC1CCOCC1)CCC2. The molecule has 1 fully saturated rings. The van der Waals surface area contributed by atoms with E-state index in [0.29, 0.717) is 12.1 Å². The van der Waals surface area contributed by atoms with Gasteiger partial charge in [-0.05, 0) is 55.4 Å². The highest BCUT2D eigenvalue weighted by atomic mass is 16.5. The molecule has 0 radical (unpaired) electrons. The lowest BCUT2D eigenvalue weighted by Crippen LogP contribution is -2.38. The van der Waals surface area contributed by atoms with Crippen molar-refractivity contribution in [3.05, 3.63) is 29.3 Å². The Balaban J connectivity index is 1.76. The molecule has 1 N–H and O–H groups in total. The molecular weight excluding hydrogens is 238 g/mol. The van der Waals surface area contributed by atoms with E-state index < -0.39 is 0 Å². The van der Waals surface area contributed by atoms with Crippen LogP contribution in [0.4, 0.5) is 0 Å². The first kappa shape index (κ1) is 12.9. The Morgan fingerprint density at radius 2 is 2.05 bits per heavy atom. The fraction of sp³-hybridized carbons (Fsp3) is 0.625. The van der Waals surface area contributed by atoms with Gasteiger partial charge in [-0.2, -0.15) is 0 Å². The van der Waals surface area contributed by atoms with Gasteiger partial charge in [-0.1, -0.05) is 6.07 Å². The number of rotatable bonds is 3. The molecule has 0 bridgehead atoms. The molecule has 3 rings (SSSR count). The highest BCUT2D eigenvalue weighted by molar-refractivity contribution is 5.39. The number of fused-ring (bicyclic) bond motifs is 1. The van der Waals surface area contributed by atoms with E-state index in [1.165, 1.54) is 30.4 Å². The van der Waals surface area contributed by atoms with Crippen LogP contribution < -0.4 is 10.1 Å². The standard InChI is InChI=1S/C16H23NO2/c1-18-14-6-5-12-3-2-4-16(15(12)11-14)17-13-7-9-19-10-8-13/h5-6,11,13,16-17H,2-4,7-10H2,1H3. The van der Waals surface area contributed by atoms with Gasteiger partial charge < -0.3 is 14.8 Å². The maximum absolute atomic E-state index is 5.43. The van der Waals surface area contributed by atoms with E-state index in [-0.39, 0.29) is 0 Å². The van der Waals surface area contributed by atoms with Crippen LogP contribution in [-0.4, -0.2) is 26.4 Å². The largest absolute Gasteiger partial charge is 0.497 e. The van der Waals surface area contributed by atoms with Crippen molar-refractivity contribution in [3.8, 4) is 5.75 Å². The molecule has 104 valence electrons. The van der Waals surface area contributed by atoms with Gasteiger partial charge in [0.2, 0.25) is 0 Å². The molecular formula is C16H23NO2. The summed E-state index contributed by atoms with van der Waals surface area (Å²) < 4.78 is 10.8. The molecule has 1 saturated heterocycles. The summed E-state index contributed by atoms with van der Waals surface area (Å²) in [4.78, 5) is 0. The van der Waals surface area contributed by atoms with Crippen LogP contribution in [-0.2, 0) is 11.2 Å². The third-order valence-corrected chi connectivity index (χ3v) is 4.33. The van der Waals surface area contributed by atoms with Gasteiger partial charge in [0.15, 0.2) is 0 Å². The Bertz CT molecular complexity index is 427. The second-order valence-electron chi connectivity index (χ2n) is 5.56. The van der Waals surface area contributed by atoms with Crippen molar-refractivity contribution in [2.75, 3.05) is 20.3 Å². The summed E-state index contributed by atoms with van der Waals surface area (Å²) in [5, 5.41) is 3.83. The van der Waals surface area contributed by atoms with Crippen LogP contribution in [0.25, 0.3) is 0 Å². The number of nitrogens with one attached hydrogen (secondary N) is 1. The zero-order chi connectivity index (χ0) is 13.1. The van der Waals surface area contributed by atoms with Crippen LogP contribution in [0.2, 0.25) is 0 Å². The lowest BCUT2D eigenvalue weighted by atomic mass is 9.86. The fourth-order valence-corrected chi connectivity index (χ4v) is 3.23. The molecule has 2 aliphatic rings. The van der Waals surface area contributed by atoms with E-state index in [1.54, 1.807) is 7.11 Å². The maximum atomic E-state index is 5.43. The highest BCUT2D eigenvalue weighted by Gasteiger charge is 2.24. The van der Waals surface area contributed by atoms with E-state index in [4.69, 9.17) is 9.47 Å². The van der Waals surface area contributed by atoms with Gasteiger partial charge >= 0.3 is 0 Å². The normalized spacial score (nSPS) is 23.9. The van der Waals surface area contributed by atoms with Crippen molar-refractivity contribution in [2.45, 2.75) is 44.2 Å². The second kappa shape index (κ2) is 5.93. The molecule has 1 aliphatic carbocycles. The van der Waals surface area contributed by atoms with Crippen molar-refractivity contribution in [3.63, 3.8) is 0 Å². The predicted octanol–water partition coefficient (Wildman–Crippen LogP) is 2.84. The number of benzene rings is 1. The molecule has 1 aliphatic heterocycles. The minimum atomic E-state index is 0.488. The Morgan fingerprint density at radius 1 is 1.21 bits per heavy atom. The van der Waals surface area contributed by atoms with Crippen molar-refractivity contribution in [1.82, 2.24) is 5.32 Å². The van der Waals surface area contributed by atoms with E-state index in [1.807, 2.05) is 0 Å². The summed E-state index contributed by atoms with van der Waals surface area (Å²) in [6, 6.07) is 7.62. The van der Waals surface area contributed by atoms with Crippen LogP contribution in [0.3, 0.4) is 0 Å².